The summed E-state index contributed by atoms with van der Waals surface area (Å²) < 4.78 is 17.6. The van der Waals surface area contributed by atoms with E-state index in [1.807, 2.05) is 0 Å². The Bertz CT molecular complexity index is 1560. The van der Waals surface area contributed by atoms with Crippen molar-refractivity contribution in [2.75, 3.05) is 26.1 Å². The quantitative estimate of drug-likeness (QED) is 0.279. The van der Waals surface area contributed by atoms with Crippen molar-refractivity contribution < 1.29 is 28.7 Å². The second-order valence-corrected chi connectivity index (χ2v) is 9.13. The predicted octanol–water partition coefficient (Wildman–Crippen LogP) is 5.06. The molecule has 39 heavy (non-hydrogen) atoms. The fraction of sp³-hybridized carbons (Fsp3) is 0.214. The van der Waals surface area contributed by atoms with Crippen LogP contribution in [0.3, 0.4) is 0 Å². The van der Waals surface area contributed by atoms with E-state index in [9.17, 15) is 14.4 Å². The smallest absolute Gasteiger partial charge is 0.335 e. The number of ether oxygens (including phenoxy) is 2. The van der Waals surface area contributed by atoms with E-state index in [0.29, 0.717) is 44.6 Å². The first-order valence-corrected chi connectivity index (χ1v) is 12.3. The van der Waals surface area contributed by atoms with Crippen LogP contribution in [0.4, 0.5) is 5.69 Å². The molecule has 1 unspecified atom stereocenters. The summed E-state index contributed by atoms with van der Waals surface area (Å²) in [5, 5.41) is 16.2. The molecule has 202 valence electrons. The number of benzene rings is 2. The van der Waals surface area contributed by atoms with Crippen molar-refractivity contribution in [1.82, 2.24) is 9.72 Å². The van der Waals surface area contributed by atoms with E-state index >= 15 is 0 Å². The van der Waals surface area contributed by atoms with Crippen LogP contribution in [0, 0.1) is 6.92 Å². The number of carboxylic acids is 1. The molecule has 10 nitrogen and oxygen atoms in total. The van der Waals surface area contributed by atoms with Gasteiger partial charge in [-0.2, -0.15) is 0 Å². The third-order valence-electron chi connectivity index (χ3n) is 6.06. The van der Waals surface area contributed by atoms with Gasteiger partial charge in [-0.3, -0.25) is 14.2 Å². The highest BCUT2D eigenvalue weighted by atomic mass is 35.5. The van der Waals surface area contributed by atoms with Gasteiger partial charge in [0.15, 0.2) is 5.76 Å². The van der Waals surface area contributed by atoms with Crippen molar-refractivity contribution in [3.8, 4) is 28.2 Å². The number of amides is 1. The van der Waals surface area contributed by atoms with Crippen molar-refractivity contribution >= 4 is 29.2 Å². The number of carboxylic acid groups (broad SMARTS) is 1. The van der Waals surface area contributed by atoms with Crippen molar-refractivity contribution in [2.24, 2.45) is 0 Å². The molecule has 0 aliphatic heterocycles. The van der Waals surface area contributed by atoms with Gasteiger partial charge in [-0.1, -0.05) is 16.8 Å². The van der Waals surface area contributed by atoms with Crippen LogP contribution in [0.2, 0.25) is 5.02 Å². The summed E-state index contributed by atoms with van der Waals surface area (Å²) in [5.41, 5.74) is 2.42. The van der Waals surface area contributed by atoms with E-state index in [0.717, 1.165) is 0 Å². The molecule has 0 aliphatic carbocycles. The lowest BCUT2D eigenvalue weighted by Gasteiger charge is -2.21. The molecule has 1 amide bonds. The maximum atomic E-state index is 13.5. The van der Waals surface area contributed by atoms with Gasteiger partial charge in [0.1, 0.15) is 11.8 Å². The number of carbonyl (C=O) groups is 2. The van der Waals surface area contributed by atoms with Gasteiger partial charge < -0.3 is 24.4 Å². The zero-order valence-corrected chi connectivity index (χ0v) is 22.2. The molecule has 4 rings (SSSR count). The molecular formula is C28H26ClN3O7. The molecule has 0 spiro atoms. The Balaban J connectivity index is 1.75. The van der Waals surface area contributed by atoms with Gasteiger partial charge in [-0.25, -0.2) is 4.79 Å². The number of halogens is 1. The Kier molecular flexibility index (Phi) is 8.48. The Morgan fingerprint density at radius 3 is 2.44 bits per heavy atom. The minimum atomic E-state index is -1.08. The number of nitrogens with zero attached hydrogens (tertiary/aromatic N) is 2. The molecule has 0 bridgehead atoms. The monoisotopic (exact) mass is 551 g/mol. The number of aromatic carboxylic acids is 1. The van der Waals surface area contributed by atoms with Crippen molar-refractivity contribution in [3.63, 3.8) is 0 Å². The minimum Gasteiger partial charge on any atom is -0.495 e. The van der Waals surface area contributed by atoms with Crippen LogP contribution in [0.25, 0.3) is 22.5 Å². The molecule has 11 heteroatoms. The first-order chi connectivity index (χ1) is 18.7. The van der Waals surface area contributed by atoms with E-state index in [4.69, 9.17) is 30.7 Å². The lowest BCUT2D eigenvalue weighted by molar-refractivity contribution is -0.119. The van der Waals surface area contributed by atoms with Gasteiger partial charge in [-0.15, -0.1) is 0 Å². The molecule has 0 radical (unpaired) electrons. The third kappa shape index (κ3) is 6.19. The summed E-state index contributed by atoms with van der Waals surface area (Å²) in [5.74, 6) is -0.731. The molecule has 4 aromatic rings. The van der Waals surface area contributed by atoms with Gasteiger partial charge in [0.05, 0.1) is 24.6 Å². The second kappa shape index (κ2) is 12.0. The van der Waals surface area contributed by atoms with Crippen LogP contribution >= 0.6 is 11.6 Å². The summed E-state index contributed by atoms with van der Waals surface area (Å²) in [7, 11) is 2.96. The number of carbonyl (C=O) groups excluding carboxylic acids is 1. The van der Waals surface area contributed by atoms with Gasteiger partial charge in [0.25, 0.3) is 5.56 Å². The Morgan fingerprint density at radius 2 is 1.82 bits per heavy atom. The minimum absolute atomic E-state index is 0.0846. The summed E-state index contributed by atoms with van der Waals surface area (Å²) in [6, 6.07) is 13.1. The van der Waals surface area contributed by atoms with Crippen LogP contribution in [-0.4, -0.2) is 47.5 Å². The number of aromatic nitrogens is 2. The normalized spacial score (nSPS) is 11.7. The van der Waals surface area contributed by atoms with Gasteiger partial charge in [0, 0.05) is 54.1 Å². The topological polar surface area (TPSA) is 133 Å². The highest BCUT2D eigenvalue weighted by Gasteiger charge is 2.25. The summed E-state index contributed by atoms with van der Waals surface area (Å²) in [6.07, 6.45) is 1.67. The number of anilines is 1. The maximum Gasteiger partial charge on any atom is 0.335 e. The average molecular weight is 552 g/mol. The SMILES string of the molecule is COCCC(C(=O)Nc1ccc(C(=O)O)cc1)n1cc(OC)c(-c2cc(Cl)ccc2-c2cc(C)no2)cc1=O. The highest BCUT2D eigenvalue weighted by molar-refractivity contribution is 6.31. The van der Waals surface area contributed by atoms with E-state index in [1.165, 1.54) is 55.3 Å². The van der Waals surface area contributed by atoms with E-state index in [1.54, 1.807) is 31.2 Å². The molecule has 0 saturated carbocycles. The van der Waals surface area contributed by atoms with Gasteiger partial charge >= 0.3 is 5.97 Å². The number of nitrogens with one attached hydrogen (secondary N) is 1. The highest BCUT2D eigenvalue weighted by Crippen LogP contribution is 2.38. The molecule has 2 aromatic carbocycles. The van der Waals surface area contributed by atoms with E-state index in [-0.39, 0.29) is 18.6 Å². The fourth-order valence-electron chi connectivity index (χ4n) is 4.14. The molecule has 0 fully saturated rings. The Morgan fingerprint density at radius 1 is 1.08 bits per heavy atom. The molecule has 0 aliphatic rings. The zero-order chi connectivity index (χ0) is 28.1. The first kappa shape index (κ1) is 27.6. The Labute approximate surface area is 228 Å². The molecule has 2 heterocycles. The molecule has 2 N–H and O–H groups in total. The summed E-state index contributed by atoms with van der Waals surface area (Å²) in [4.78, 5) is 37.9. The lowest BCUT2D eigenvalue weighted by Crippen LogP contribution is -2.34. The van der Waals surface area contributed by atoms with E-state index < -0.39 is 23.5 Å². The lowest BCUT2D eigenvalue weighted by atomic mass is 9.97. The van der Waals surface area contributed by atoms with Crippen molar-refractivity contribution in [3.05, 3.63) is 87.4 Å². The predicted molar refractivity (Wildman–Crippen MR) is 145 cm³/mol. The van der Waals surface area contributed by atoms with Crippen LogP contribution in [0.1, 0.15) is 28.5 Å². The third-order valence-corrected chi connectivity index (χ3v) is 6.30. The number of rotatable bonds is 10. The number of hydrogen-bond acceptors (Lipinski definition) is 7. The summed E-state index contributed by atoms with van der Waals surface area (Å²) in [6.45, 7) is 2.01. The number of methoxy groups -OCH3 is 2. The fourth-order valence-corrected chi connectivity index (χ4v) is 4.31. The van der Waals surface area contributed by atoms with Crippen molar-refractivity contribution in [2.45, 2.75) is 19.4 Å². The zero-order valence-electron chi connectivity index (χ0n) is 21.4. The van der Waals surface area contributed by atoms with E-state index in [2.05, 4.69) is 10.5 Å². The second-order valence-electron chi connectivity index (χ2n) is 8.69. The number of pyridine rings is 1. The largest absolute Gasteiger partial charge is 0.495 e. The number of aryl methyl sites for hydroxylation is 1. The molecule has 2 aromatic heterocycles. The van der Waals surface area contributed by atoms with Gasteiger partial charge in [0.2, 0.25) is 5.91 Å². The molecule has 0 saturated heterocycles. The van der Waals surface area contributed by atoms with Crippen LogP contribution in [-0.2, 0) is 9.53 Å². The first-order valence-electron chi connectivity index (χ1n) is 11.9. The van der Waals surface area contributed by atoms with Crippen LogP contribution in [0.15, 0.2) is 70.1 Å². The van der Waals surface area contributed by atoms with Crippen LogP contribution in [0.5, 0.6) is 5.75 Å². The summed E-state index contributed by atoms with van der Waals surface area (Å²) >= 11 is 6.31. The molecular weight excluding hydrogens is 526 g/mol. The Hall–Kier alpha value is -4.41. The standard InChI is InChI=1S/C28H26ClN3O7/c1-16-12-24(39-31-16)20-9-6-18(29)13-21(20)22-14-26(33)32(15-25(22)38-3)23(10-11-37-2)27(34)30-19-7-4-17(5-8-19)28(35)36/h4-9,12-15,23H,10-11H2,1-3H3,(H,30,34)(H,35,36). The maximum absolute atomic E-state index is 13.5. The van der Waals surface area contributed by atoms with Crippen molar-refractivity contribution in [1.29, 1.82) is 0 Å². The number of hydrogen-bond donors (Lipinski definition) is 2. The van der Waals surface area contributed by atoms with Crippen LogP contribution < -0.4 is 15.6 Å². The average Bonchev–Trinajstić information content (AvgIpc) is 3.35. The molecule has 1 atom stereocenters. The van der Waals surface area contributed by atoms with Gasteiger partial charge in [-0.05, 0) is 55.0 Å².